The molecule has 0 radical (unpaired) electrons. The molecule has 1 fully saturated rings. The van der Waals surface area contributed by atoms with Gasteiger partial charge in [0.1, 0.15) is 5.75 Å². The van der Waals surface area contributed by atoms with E-state index in [2.05, 4.69) is 0 Å². The summed E-state index contributed by atoms with van der Waals surface area (Å²) in [6.07, 6.45) is 0.0218. The minimum atomic E-state index is -1.00. The zero-order chi connectivity index (χ0) is 14.7. The number of rotatable bonds is 5. The van der Waals surface area contributed by atoms with Crippen molar-refractivity contribution in [1.29, 1.82) is 0 Å². The Balaban J connectivity index is 2.17. The van der Waals surface area contributed by atoms with Crippen LogP contribution in [0.15, 0.2) is 24.3 Å². The normalized spacial score (nSPS) is 18.4. The molecule has 1 unspecified atom stereocenters. The molecular formula is C13H13NO5S. The number of hydrogen-bond acceptors (Lipinski definition) is 5. The highest BCUT2D eigenvalue weighted by atomic mass is 32.2. The van der Waals surface area contributed by atoms with Crippen molar-refractivity contribution in [1.82, 2.24) is 0 Å². The van der Waals surface area contributed by atoms with Crippen molar-refractivity contribution in [3.05, 3.63) is 24.3 Å². The second kappa shape index (κ2) is 5.96. The van der Waals surface area contributed by atoms with Crippen LogP contribution in [0, 0.1) is 0 Å². The Labute approximate surface area is 119 Å². The molecule has 0 saturated carbocycles. The Morgan fingerprint density at radius 3 is 2.90 bits per heavy atom. The van der Waals surface area contributed by atoms with E-state index in [1.54, 1.807) is 24.3 Å². The van der Waals surface area contributed by atoms with E-state index in [4.69, 9.17) is 9.84 Å². The maximum absolute atomic E-state index is 12.2. The molecule has 2 amide bonds. The number of carbonyl (C=O) groups excluding carboxylic acids is 2. The first-order chi connectivity index (χ1) is 9.52. The standard InChI is InChI=1S/C13H13NO5S/c1-19-9-4-2-3-8(5-9)14-11(15)6-10(13(14)18)20-7-12(16)17/h2-5,10H,6-7H2,1H3,(H,16,17). The molecule has 106 valence electrons. The Hall–Kier alpha value is -2.02. The molecule has 2 rings (SSSR count). The van der Waals surface area contributed by atoms with Gasteiger partial charge in [-0.1, -0.05) is 6.07 Å². The third-order valence-electron chi connectivity index (χ3n) is 2.82. The number of ether oxygens (including phenoxy) is 1. The molecule has 0 spiro atoms. The monoisotopic (exact) mass is 295 g/mol. The van der Waals surface area contributed by atoms with Crippen molar-refractivity contribution in [3.63, 3.8) is 0 Å². The van der Waals surface area contributed by atoms with Gasteiger partial charge in [0.15, 0.2) is 0 Å². The molecule has 1 saturated heterocycles. The van der Waals surface area contributed by atoms with E-state index in [0.29, 0.717) is 11.4 Å². The molecule has 1 aromatic rings. The third-order valence-corrected chi connectivity index (χ3v) is 4.01. The SMILES string of the molecule is COc1cccc(N2C(=O)CC(SCC(=O)O)C2=O)c1. The van der Waals surface area contributed by atoms with Crippen LogP contribution in [0.25, 0.3) is 0 Å². The van der Waals surface area contributed by atoms with Gasteiger partial charge >= 0.3 is 5.97 Å². The lowest BCUT2D eigenvalue weighted by atomic mass is 10.3. The number of nitrogens with zero attached hydrogens (tertiary/aromatic N) is 1. The number of carbonyl (C=O) groups is 3. The third kappa shape index (κ3) is 2.93. The average Bonchev–Trinajstić information content (AvgIpc) is 2.71. The molecule has 0 aliphatic carbocycles. The molecule has 1 aliphatic heterocycles. The Morgan fingerprint density at radius 1 is 1.50 bits per heavy atom. The van der Waals surface area contributed by atoms with Gasteiger partial charge in [-0.05, 0) is 12.1 Å². The van der Waals surface area contributed by atoms with E-state index >= 15 is 0 Å². The van der Waals surface area contributed by atoms with Gasteiger partial charge in [0.2, 0.25) is 11.8 Å². The van der Waals surface area contributed by atoms with E-state index in [9.17, 15) is 14.4 Å². The molecular weight excluding hydrogens is 282 g/mol. The van der Waals surface area contributed by atoms with Gasteiger partial charge in [-0.3, -0.25) is 14.4 Å². The second-order valence-electron chi connectivity index (χ2n) is 4.17. The first-order valence-corrected chi connectivity index (χ1v) is 6.92. The fourth-order valence-corrected chi connectivity index (χ4v) is 2.78. The van der Waals surface area contributed by atoms with Gasteiger partial charge in [0.05, 0.1) is 23.8 Å². The summed E-state index contributed by atoms with van der Waals surface area (Å²) in [4.78, 5) is 35.7. The van der Waals surface area contributed by atoms with Gasteiger partial charge in [-0.25, -0.2) is 4.90 Å². The molecule has 6 nitrogen and oxygen atoms in total. The molecule has 1 aromatic carbocycles. The first-order valence-electron chi connectivity index (χ1n) is 5.87. The van der Waals surface area contributed by atoms with Gasteiger partial charge in [0.25, 0.3) is 0 Å². The van der Waals surface area contributed by atoms with Crippen LogP contribution in [0.5, 0.6) is 5.75 Å². The van der Waals surface area contributed by atoms with E-state index in [1.165, 1.54) is 7.11 Å². The summed E-state index contributed by atoms with van der Waals surface area (Å²) >= 11 is 0.970. The summed E-state index contributed by atoms with van der Waals surface area (Å²) in [5.74, 6) is -1.37. The summed E-state index contributed by atoms with van der Waals surface area (Å²) in [7, 11) is 1.50. The summed E-state index contributed by atoms with van der Waals surface area (Å²) in [5.41, 5.74) is 0.442. The number of imide groups is 1. The second-order valence-corrected chi connectivity index (χ2v) is 5.36. The number of amides is 2. The van der Waals surface area contributed by atoms with E-state index < -0.39 is 11.2 Å². The molecule has 0 bridgehead atoms. The number of methoxy groups -OCH3 is 1. The van der Waals surface area contributed by atoms with Crippen LogP contribution < -0.4 is 9.64 Å². The van der Waals surface area contributed by atoms with Gasteiger partial charge in [0, 0.05) is 12.5 Å². The van der Waals surface area contributed by atoms with Crippen molar-refractivity contribution < 1.29 is 24.2 Å². The van der Waals surface area contributed by atoms with Crippen LogP contribution in [0.3, 0.4) is 0 Å². The number of carboxylic acid groups (broad SMARTS) is 1. The number of thioether (sulfide) groups is 1. The Bertz CT molecular complexity index is 559. The van der Waals surface area contributed by atoms with Gasteiger partial charge in [-0.2, -0.15) is 0 Å². The molecule has 1 N–H and O–H groups in total. The largest absolute Gasteiger partial charge is 0.497 e. The lowest BCUT2D eigenvalue weighted by molar-refractivity contribution is -0.134. The lowest BCUT2D eigenvalue weighted by Gasteiger charge is -2.15. The zero-order valence-corrected chi connectivity index (χ0v) is 11.6. The first kappa shape index (κ1) is 14.4. The average molecular weight is 295 g/mol. The van der Waals surface area contributed by atoms with E-state index in [-0.39, 0.29) is 24.0 Å². The number of aliphatic carboxylic acids is 1. The Kier molecular flexibility index (Phi) is 4.29. The number of benzene rings is 1. The van der Waals surface area contributed by atoms with Crippen molar-refractivity contribution >= 4 is 35.2 Å². The highest BCUT2D eigenvalue weighted by molar-refractivity contribution is 8.01. The molecule has 1 atom stereocenters. The predicted molar refractivity (Wildman–Crippen MR) is 74.0 cm³/mol. The minimum absolute atomic E-state index is 0.0218. The minimum Gasteiger partial charge on any atom is -0.497 e. The van der Waals surface area contributed by atoms with Crippen molar-refractivity contribution in [2.45, 2.75) is 11.7 Å². The number of carboxylic acids is 1. The zero-order valence-electron chi connectivity index (χ0n) is 10.7. The van der Waals surface area contributed by atoms with Crippen LogP contribution in [-0.2, 0) is 14.4 Å². The quantitative estimate of drug-likeness (QED) is 0.820. The lowest BCUT2D eigenvalue weighted by Crippen LogP contribution is -2.31. The molecule has 1 heterocycles. The fraction of sp³-hybridized carbons (Fsp3) is 0.308. The molecule has 20 heavy (non-hydrogen) atoms. The summed E-state index contributed by atoms with van der Waals surface area (Å²) in [6.45, 7) is 0. The summed E-state index contributed by atoms with van der Waals surface area (Å²) in [6, 6.07) is 6.64. The summed E-state index contributed by atoms with van der Waals surface area (Å²) in [5, 5.41) is 8.00. The Morgan fingerprint density at radius 2 is 2.25 bits per heavy atom. The maximum Gasteiger partial charge on any atom is 0.313 e. The topological polar surface area (TPSA) is 83.9 Å². The predicted octanol–water partition coefficient (Wildman–Crippen LogP) is 1.14. The number of anilines is 1. The maximum atomic E-state index is 12.2. The molecule has 7 heteroatoms. The highest BCUT2D eigenvalue weighted by Crippen LogP contribution is 2.31. The van der Waals surface area contributed by atoms with Crippen LogP contribution in [0.4, 0.5) is 5.69 Å². The van der Waals surface area contributed by atoms with Gasteiger partial charge < -0.3 is 9.84 Å². The van der Waals surface area contributed by atoms with E-state index in [1.807, 2.05) is 0 Å². The number of hydrogen-bond donors (Lipinski definition) is 1. The van der Waals surface area contributed by atoms with E-state index in [0.717, 1.165) is 16.7 Å². The van der Waals surface area contributed by atoms with Crippen LogP contribution in [-0.4, -0.2) is 41.0 Å². The molecule has 1 aliphatic rings. The van der Waals surface area contributed by atoms with Crippen molar-refractivity contribution in [2.75, 3.05) is 17.8 Å². The fourth-order valence-electron chi connectivity index (χ4n) is 1.93. The van der Waals surface area contributed by atoms with Crippen molar-refractivity contribution in [2.24, 2.45) is 0 Å². The molecule has 0 aromatic heterocycles. The van der Waals surface area contributed by atoms with Gasteiger partial charge in [-0.15, -0.1) is 11.8 Å². The van der Waals surface area contributed by atoms with Crippen LogP contribution in [0.2, 0.25) is 0 Å². The summed E-state index contributed by atoms with van der Waals surface area (Å²) < 4.78 is 5.06. The highest BCUT2D eigenvalue weighted by Gasteiger charge is 2.40. The van der Waals surface area contributed by atoms with Crippen LogP contribution >= 0.6 is 11.8 Å². The smallest absolute Gasteiger partial charge is 0.313 e. The van der Waals surface area contributed by atoms with Crippen molar-refractivity contribution in [3.8, 4) is 5.75 Å². The van der Waals surface area contributed by atoms with Crippen LogP contribution in [0.1, 0.15) is 6.42 Å².